The van der Waals surface area contributed by atoms with Crippen molar-refractivity contribution in [2.45, 2.75) is 336 Å². The van der Waals surface area contributed by atoms with Crippen molar-refractivity contribution < 1.29 is 14.4 Å². The Kier molecular flexibility index (Phi) is 54.0. The molecule has 0 saturated heterocycles. The van der Waals surface area contributed by atoms with Gasteiger partial charge in [-0.3, -0.25) is 14.4 Å². The van der Waals surface area contributed by atoms with Gasteiger partial charge in [-0.25, -0.2) is 0 Å². The first-order chi connectivity index (χ1) is 33.4. The number of hydrogen-bond donors (Lipinski definition) is 0. The second-order valence-corrected chi connectivity index (χ2v) is 21.7. The van der Waals surface area contributed by atoms with E-state index in [1.165, 1.54) is 218 Å². The summed E-state index contributed by atoms with van der Waals surface area (Å²) in [6.07, 6.45) is 59.1. The third-order valence-corrected chi connectivity index (χ3v) is 15.0. The zero-order chi connectivity index (χ0) is 49.6. The van der Waals surface area contributed by atoms with Crippen LogP contribution in [0.2, 0.25) is 0 Å². The zero-order valence-electron chi connectivity index (χ0n) is 46.6. The predicted molar refractivity (Wildman–Crippen MR) is 300 cm³/mol. The van der Waals surface area contributed by atoms with Crippen LogP contribution in [0.25, 0.3) is 0 Å². The second kappa shape index (κ2) is 55.0. The van der Waals surface area contributed by atoms with Crippen molar-refractivity contribution in [2.75, 3.05) is 39.3 Å². The van der Waals surface area contributed by atoms with Gasteiger partial charge >= 0.3 is 5.37 Å². The molecule has 3 amide bonds. The smallest absolute Gasteiger partial charge is 0.316 e. The Labute approximate surface area is 431 Å². The highest BCUT2D eigenvalue weighted by Crippen LogP contribution is 2.18. The van der Waals surface area contributed by atoms with Crippen LogP contribution in [0.1, 0.15) is 336 Å². The van der Waals surface area contributed by atoms with Gasteiger partial charge in [0.25, 0.3) is 0 Å². The molecule has 0 aromatic heterocycles. The van der Waals surface area contributed by atoms with Crippen LogP contribution in [0.4, 0.5) is 4.79 Å². The molecule has 0 N–H and O–H groups in total. The molecule has 0 unspecified atom stereocenters. The van der Waals surface area contributed by atoms with Crippen molar-refractivity contribution in [3.05, 3.63) is 0 Å². The van der Waals surface area contributed by atoms with Crippen LogP contribution in [-0.4, -0.2) is 71.1 Å². The van der Waals surface area contributed by atoms with Gasteiger partial charge in [0.05, 0.1) is 0 Å². The Morgan fingerprint density at radius 2 is 0.397 bits per heavy atom. The lowest BCUT2D eigenvalue weighted by Crippen LogP contribution is -2.32. The van der Waals surface area contributed by atoms with Gasteiger partial charge in [-0.1, -0.05) is 272 Å². The van der Waals surface area contributed by atoms with E-state index < -0.39 is 0 Å². The SMILES string of the molecule is CCCCCCCCCCN(CCCCCCCCCC)C(=O)CCCCCCCCCN(CCCCCCCCCC(=O)N(CCCCCCCCCC)CCCCCCCCCC)C(=O)Cl. The number of unbranched alkanes of at least 4 members (excludes halogenated alkanes) is 40. The van der Waals surface area contributed by atoms with Crippen molar-refractivity contribution in [1.29, 1.82) is 0 Å². The third-order valence-electron chi connectivity index (χ3n) is 14.7. The summed E-state index contributed by atoms with van der Waals surface area (Å²) < 4.78 is 0. The van der Waals surface area contributed by atoms with E-state index in [1.54, 1.807) is 0 Å². The molecule has 0 radical (unpaired) electrons. The van der Waals surface area contributed by atoms with E-state index in [0.717, 1.165) is 116 Å². The van der Waals surface area contributed by atoms with E-state index in [-0.39, 0.29) is 5.37 Å². The lowest BCUT2D eigenvalue weighted by Gasteiger charge is -2.23. The maximum atomic E-state index is 13.3. The highest BCUT2D eigenvalue weighted by molar-refractivity contribution is 6.62. The van der Waals surface area contributed by atoms with E-state index >= 15 is 0 Å². The number of rotatable bonds is 56. The molecule has 0 aliphatic rings. The molecule has 0 saturated carbocycles. The van der Waals surface area contributed by atoms with Gasteiger partial charge in [0.15, 0.2) is 0 Å². The van der Waals surface area contributed by atoms with Crippen molar-refractivity contribution >= 4 is 28.8 Å². The van der Waals surface area contributed by atoms with Crippen LogP contribution in [0.15, 0.2) is 0 Å². The largest absolute Gasteiger partial charge is 0.343 e. The molecule has 68 heavy (non-hydrogen) atoms. The predicted octanol–water partition coefficient (Wildman–Crippen LogP) is 20.1. The average Bonchev–Trinajstić information content (AvgIpc) is 3.33. The Hall–Kier alpha value is -1.30. The summed E-state index contributed by atoms with van der Waals surface area (Å²) in [5.74, 6) is 0.778. The molecule has 7 heteroatoms. The van der Waals surface area contributed by atoms with Gasteiger partial charge in [-0.2, -0.15) is 0 Å². The monoisotopic (exact) mass is 978 g/mol. The molecular weight excluding hydrogens is 858 g/mol. The molecular formula is C61H120ClN3O3. The average molecular weight is 979 g/mol. The fraction of sp³-hybridized carbons (Fsp3) is 0.951. The van der Waals surface area contributed by atoms with Crippen LogP contribution in [0, 0.1) is 0 Å². The Balaban J connectivity index is 4.25. The maximum absolute atomic E-state index is 13.3. The first kappa shape index (κ1) is 66.7. The number of halogens is 1. The van der Waals surface area contributed by atoms with E-state index in [2.05, 4.69) is 37.5 Å². The highest BCUT2D eigenvalue weighted by Gasteiger charge is 2.15. The van der Waals surface area contributed by atoms with Crippen molar-refractivity contribution in [2.24, 2.45) is 0 Å². The second-order valence-electron chi connectivity index (χ2n) is 21.4. The molecule has 404 valence electrons. The molecule has 0 heterocycles. The van der Waals surface area contributed by atoms with Gasteiger partial charge in [0.1, 0.15) is 0 Å². The number of amides is 3. The molecule has 0 bridgehead atoms. The minimum atomic E-state index is -0.308. The first-order valence-electron chi connectivity index (χ1n) is 30.9. The Morgan fingerprint density at radius 3 is 0.588 bits per heavy atom. The molecule has 0 atom stereocenters. The summed E-state index contributed by atoms with van der Waals surface area (Å²) in [5.41, 5.74) is 0. The molecule has 0 aliphatic heterocycles. The summed E-state index contributed by atoms with van der Waals surface area (Å²) in [6.45, 7) is 14.4. The lowest BCUT2D eigenvalue weighted by molar-refractivity contribution is -0.132. The first-order valence-corrected chi connectivity index (χ1v) is 31.3. The van der Waals surface area contributed by atoms with Gasteiger partial charge in [0.2, 0.25) is 11.8 Å². The summed E-state index contributed by atoms with van der Waals surface area (Å²) in [6, 6.07) is 0. The molecule has 0 aromatic rings. The van der Waals surface area contributed by atoms with Crippen LogP contribution >= 0.6 is 11.6 Å². The van der Waals surface area contributed by atoms with E-state index in [0.29, 0.717) is 24.7 Å². The van der Waals surface area contributed by atoms with Crippen molar-refractivity contribution in [3.8, 4) is 0 Å². The summed E-state index contributed by atoms with van der Waals surface area (Å²) in [4.78, 5) is 45.1. The van der Waals surface area contributed by atoms with Crippen LogP contribution < -0.4 is 0 Å². The normalized spacial score (nSPS) is 11.4. The van der Waals surface area contributed by atoms with E-state index in [1.807, 2.05) is 4.90 Å². The summed E-state index contributed by atoms with van der Waals surface area (Å²) in [7, 11) is 0. The van der Waals surface area contributed by atoms with E-state index in [9.17, 15) is 14.4 Å². The molecule has 0 fully saturated rings. The fourth-order valence-corrected chi connectivity index (χ4v) is 10.2. The maximum Gasteiger partial charge on any atom is 0.316 e. The molecule has 6 nitrogen and oxygen atoms in total. The Morgan fingerprint density at radius 1 is 0.235 bits per heavy atom. The molecule has 0 spiro atoms. The molecule has 0 aromatic carbocycles. The third kappa shape index (κ3) is 47.0. The van der Waals surface area contributed by atoms with Gasteiger partial charge < -0.3 is 14.7 Å². The van der Waals surface area contributed by atoms with Gasteiger partial charge in [-0.15, -0.1) is 0 Å². The number of carbonyl (C=O) groups is 3. The van der Waals surface area contributed by atoms with Crippen molar-refractivity contribution in [3.63, 3.8) is 0 Å². The Bertz CT molecular complexity index is 944. The summed E-state index contributed by atoms with van der Waals surface area (Å²) in [5, 5.41) is -0.308. The molecule has 0 aliphatic carbocycles. The van der Waals surface area contributed by atoms with Crippen LogP contribution in [0.3, 0.4) is 0 Å². The van der Waals surface area contributed by atoms with Gasteiger partial charge in [0, 0.05) is 52.1 Å². The number of nitrogens with zero attached hydrogens (tertiary/aromatic N) is 3. The zero-order valence-corrected chi connectivity index (χ0v) is 47.4. The summed E-state index contributed by atoms with van der Waals surface area (Å²) >= 11 is 6.01. The standard InChI is InChI=1S/C61H120ClN3O3/c1-5-9-13-17-21-29-37-45-53-63(54-46-38-30-22-18-14-10-6-2)59(66)51-43-35-27-25-33-41-49-57-65(61(62)68)58-50-42-34-26-28-36-44-52-60(67)64(55-47-39-31-23-19-15-11-7-3)56-48-40-32-24-20-16-12-8-4/h5-58H2,1-4H3. The van der Waals surface area contributed by atoms with Gasteiger partial charge in [-0.05, 0) is 63.0 Å². The highest BCUT2D eigenvalue weighted by atomic mass is 35.5. The quantitative estimate of drug-likeness (QED) is 0.0347. The lowest BCUT2D eigenvalue weighted by atomic mass is 10.1. The van der Waals surface area contributed by atoms with Crippen LogP contribution in [0.5, 0.6) is 0 Å². The topological polar surface area (TPSA) is 60.9 Å². The van der Waals surface area contributed by atoms with Crippen LogP contribution in [-0.2, 0) is 9.59 Å². The minimum Gasteiger partial charge on any atom is -0.343 e. The minimum absolute atomic E-state index is 0.308. The van der Waals surface area contributed by atoms with E-state index in [4.69, 9.17) is 11.6 Å². The number of carbonyl (C=O) groups excluding carboxylic acids is 3. The van der Waals surface area contributed by atoms with Crippen molar-refractivity contribution in [1.82, 2.24) is 14.7 Å². The molecule has 0 rings (SSSR count). The number of hydrogen-bond acceptors (Lipinski definition) is 3. The fourth-order valence-electron chi connectivity index (χ4n) is 10.00.